The van der Waals surface area contributed by atoms with Crippen LogP contribution in [0, 0.1) is 5.92 Å². The van der Waals surface area contributed by atoms with E-state index in [1.807, 2.05) is 13.1 Å². The number of nitrogens with one attached hydrogen (secondary N) is 1. The first-order valence-corrected chi connectivity index (χ1v) is 6.04. The second-order valence-electron chi connectivity index (χ2n) is 4.28. The van der Waals surface area contributed by atoms with Crippen molar-refractivity contribution in [3.05, 3.63) is 17.5 Å². The number of piperidine rings is 1. The molecule has 6 heteroatoms. The number of rotatable bonds is 3. The zero-order valence-corrected chi connectivity index (χ0v) is 11.5. The average molecular weight is 277 g/mol. The standard InChI is InChI=1S/C11H17ClN4.ClH/c1-16(8-9-3-2-5-13-7-9)10-4-6-14-11(12)15-10;/h4,6,9,13H,2-3,5,7-8H2,1H3;1H. The third-order valence-corrected chi connectivity index (χ3v) is 3.12. The Morgan fingerprint density at radius 1 is 1.59 bits per heavy atom. The van der Waals surface area contributed by atoms with E-state index in [1.54, 1.807) is 6.20 Å². The lowest BCUT2D eigenvalue weighted by Gasteiger charge is -2.28. The number of hydrogen-bond donors (Lipinski definition) is 1. The molecule has 1 aromatic rings. The summed E-state index contributed by atoms with van der Waals surface area (Å²) >= 11 is 5.77. The molecule has 2 rings (SSSR count). The van der Waals surface area contributed by atoms with Crippen LogP contribution in [0.2, 0.25) is 5.28 Å². The Morgan fingerprint density at radius 3 is 3.06 bits per heavy atom. The van der Waals surface area contributed by atoms with Crippen LogP contribution in [0.1, 0.15) is 12.8 Å². The summed E-state index contributed by atoms with van der Waals surface area (Å²) in [6, 6.07) is 1.89. The lowest BCUT2D eigenvalue weighted by molar-refractivity contribution is 0.380. The van der Waals surface area contributed by atoms with Crippen molar-refractivity contribution in [3.8, 4) is 0 Å². The van der Waals surface area contributed by atoms with Crippen LogP contribution in [0.15, 0.2) is 12.3 Å². The van der Waals surface area contributed by atoms with Crippen molar-refractivity contribution < 1.29 is 0 Å². The molecule has 4 nitrogen and oxygen atoms in total. The Hall–Kier alpha value is -0.580. The first-order valence-electron chi connectivity index (χ1n) is 5.66. The number of nitrogens with zero attached hydrogens (tertiary/aromatic N) is 3. The van der Waals surface area contributed by atoms with Gasteiger partial charge in [0.25, 0.3) is 0 Å². The van der Waals surface area contributed by atoms with Crippen molar-refractivity contribution in [1.29, 1.82) is 0 Å². The van der Waals surface area contributed by atoms with Gasteiger partial charge < -0.3 is 10.2 Å². The predicted octanol–water partition coefficient (Wildman–Crippen LogP) is 1.99. The average Bonchev–Trinajstić information content (AvgIpc) is 2.30. The quantitative estimate of drug-likeness (QED) is 0.858. The van der Waals surface area contributed by atoms with E-state index in [2.05, 4.69) is 20.2 Å². The molecular formula is C11H18Cl2N4. The van der Waals surface area contributed by atoms with E-state index in [-0.39, 0.29) is 12.4 Å². The molecule has 1 fully saturated rings. The van der Waals surface area contributed by atoms with E-state index in [0.29, 0.717) is 11.2 Å². The molecule has 1 atom stereocenters. The molecule has 1 N–H and O–H groups in total. The maximum Gasteiger partial charge on any atom is 0.224 e. The van der Waals surface area contributed by atoms with Crippen LogP contribution in [0.3, 0.4) is 0 Å². The molecule has 96 valence electrons. The zero-order valence-electron chi connectivity index (χ0n) is 9.90. The Labute approximate surface area is 113 Å². The maximum atomic E-state index is 5.77. The molecule has 1 unspecified atom stereocenters. The number of anilines is 1. The molecule has 0 bridgehead atoms. The van der Waals surface area contributed by atoms with Crippen molar-refractivity contribution >= 4 is 29.8 Å². The minimum atomic E-state index is 0. The molecule has 0 saturated carbocycles. The molecule has 0 radical (unpaired) electrons. The highest BCUT2D eigenvalue weighted by atomic mass is 35.5. The minimum Gasteiger partial charge on any atom is -0.359 e. The highest BCUT2D eigenvalue weighted by Crippen LogP contribution is 2.16. The summed E-state index contributed by atoms with van der Waals surface area (Å²) in [5.41, 5.74) is 0. The Balaban J connectivity index is 0.00000144. The Kier molecular flexibility index (Phi) is 5.95. The molecule has 1 saturated heterocycles. The fraction of sp³-hybridized carbons (Fsp3) is 0.636. The van der Waals surface area contributed by atoms with Gasteiger partial charge in [-0.1, -0.05) is 0 Å². The van der Waals surface area contributed by atoms with Crippen LogP contribution in [0.4, 0.5) is 5.82 Å². The summed E-state index contributed by atoms with van der Waals surface area (Å²) in [6.45, 7) is 3.27. The fourth-order valence-electron chi connectivity index (χ4n) is 2.10. The van der Waals surface area contributed by atoms with Crippen LogP contribution in [-0.2, 0) is 0 Å². The Morgan fingerprint density at radius 2 is 2.41 bits per heavy atom. The van der Waals surface area contributed by atoms with Crippen molar-refractivity contribution in [2.45, 2.75) is 12.8 Å². The number of halogens is 2. The van der Waals surface area contributed by atoms with Crippen LogP contribution in [0.5, 0.6) is 0 Å². The third kappa shape index (κ3) is 4.30. The zero-order chi connectivity index (χ0) is 11.4. The maximum absolute atomic E-state index is 5.77. The first-order chi connectivity index (χ1) is 7.75. The molecule has 0 amide bonds. The molecule has 0 aliphatic carbocycles. The largest absolute Gasteiger partial charge is 0.359 e. The molecule has 1 aliphatic heterocycles. The summed E-state index contributed by atoms with van der Waals surface area (Å²) in [5.74, 6) is 1.60. The van der Waals surface area contributed by atoms with Crippen LogP contribution < -0.4 is 10.2 Å². The normalized spacial score (nSPS) is 19.5. The van der Waals surface area contributed by atoms with Crippen molar-refractivity contribution in [3.63, 3.8) is 0 Å². The molecule has 0 spiro atoms. The highest BCUT2D eigenvalue weighted by molar-refractivity contribution is 6.28. The van der Waals surface area contributed by atoms with E-state index in [1.165, 1.54) is 12.8 Å². The van der Waals surface area contributed by atoms with Gasteiger partial charge in [0.05, 0.1) is 0 Å². The molecule has 17 heavy (non-hydrogen) atoms. The van der Waals surface area contributed by atoms with E-state index in [4.69, 9.17) is 11.6 Å². The first kappa shape index (κ1) is 14.5. The summed E-state index contributed by atoms with van der Waals surface area (Å²) in [7, 11) is 2.05. The van der Waals surface area contributed by atoms with Crippen molar-refractivity contribution in [2.75, 3.05) is 31.6 Å². The fourth-order valence-corrected chi connectivity index (χ4v) is 2.24. The summed E-state index contributed by atoms with van der Waals surface area (Å²) in [5, 5.41) is 3.73. The summed E-state index contributed by atoms with van der Waals surface area (Å²) in [6.07, 6.45) is 4.25. The lowest BCUT2D eigenvalue weighted by Crippen LogP contribution is -2.37. The second-order valence-corrected chi connectivity index (χ2v) is 4.61. The highest BCUT2D eigenvalue weighted by Gasteiger charge is 2.15. The van der Waals surface area contributed by atoms with Gasteiger partial charge in [-0.25, -0.2) is 9.97 Å². The topological polar surface area (TPSA) is 41.0 Å². The van der Waals surface area contributed by atoms with Gasteiger partial charge in [-0.05, 0) is 49.5 Å². The third-order valence-electron chi connectivity index (χ3n) is 2.93. The summed E-state index contributed by atoms with van der Waals surface area (Å²) in [4.78, 5) is 10.2. The van der Waals surface area contributed by atoms with Crippen molar-refractivity contribution in [2.24, 2.45) is 5.92 Å². The molecule has 2 heterocycles. The molecule has 1 aromatic heterocycles. The predicted molar refractivity (Wildman–Crippen MR) is 73.2 cm³/mol. The molecular weight excluding hydrogens is 259 g/mol. The lowest BCUT2D eigenvalue weighted by atomic mass is 9.99. The SMILES string of the molecule is CN(CC1CCCNC1)c1ccnc(Cl)n1.Cl. The van der Waals surface area contributed by atoms with Gasteiger partial charge in [0.15, 0.2) is 0 Å². The van der Waals surface area contributed by atoms with Crippen LogP contribution in [-0.4, -0.2) is 36.6 Å². The number of hydrogen-bond acceptors (Lipinski definition) is 4. The van der Waals surface area contributed by atoms with Crippen molar-refractivity contribution in [1.82, 2.24) is 15.3 Å². The van der Waals surface area contributed by atoms with Gasteiger partial charge >= 0.3 is 0 Å². The van der Waals surface area contributed by atoms with E-state index in [0.717, 1.165) is 25.5 Å². The summed E-state index contributed by atoms with van der Waals surface area (Å²) < 4.78 is 0. The van der Waals surface area contributed by atoms with E-state index >= 15 is 0 Å². The van der Waals surface area contributed by atoms with Gasteiger partial charge in [-0.2, -0.15) is 0 Å². The van der Waals surface area contributed by atoms with Gasteiger partial charge in [-0.15, -0.1) is 12.4 Å². The van der Waals surface area contributed by atoms with Gasteiger partial charge in [0.2, 0.25) is 5.28 Å². The molecule has 1 aliphatic rings. The molecule has 0 aromatic carbocycles. The van der Waals surface area contributed by atoms with Gasteiger partial charge in [0, 0.05) is 19.8 Å². The Bertz CT molecular complexity index is 342. The van der Waals surface area contributed by atoms with E-state index in [9.17, 15) is 0 Å². The smallest absolute Gasteiger partial charge is 0.224 e. The number of aromatic nitrogens is 2. The minimum absolute atomic E-state index is 0. The second kappa shape index (κ2) is 6.99. The van der Waals surface area contributed by atoms with Crippen LogP contribution in [0.25, 0.3) is 0 Å². The van der Waals surface area contributed by atoms with E-state index < -0.39 is 0 Å². The van der Waals surface area contributed by atoms with Crippen LogP contribution >= 0.6 is 24.0 Å². The van der Waals surface area contributed by atoms with Gasteiger partial charge in [0.1, 0.15) is 5.82 Å². The monoisotopic (exact) mass is 276 g/mol. The van der Waals surface area contributed by atoms with Gasteiger partial charge in [-0.3, -0.25) is 0 Å².